The SMILES string of the molecule is CCCC[N+](C)(CCCC)CCCC.CCCC[N+](C)(CCCC)CCCC.O=C([O-])c1ccc(C(=O)[O-])cc1. The van der Waals surface area contributed by atoms with Crippen molar-refractivity contribution in [2.75, 3.05) is 53.4 Å². The second-order valence-electron chi connectivity index (χ2n) is 11.9. The van der Waals surface area contributed by atoms with Gasteiger partial charge in [-0.3, -0.25) is 0 Å². The highest BCUT2D eigenvalue weighted by Crippen LogP contribution is 2.12. The summed E-state index contributed by atoms with van der Waals surface area (Å²) < 4.78 is 2.63. The van der Waals surface area contributed by atoms with Gasteiger partial charge in [-0.05, 0) is 49.7 Å². The van der Waals surface area contributed by atoms with E-state index in [1.165, 1.54) is 125 Å². The molecule has 0 unspecified atom stereocenters. The molecule has 0 radical (unpaired) electrons. The van der Waals surface area contributed by atoms with Crippen LogP contribution in [0.25, 0.3) is 0 Å². The zero-order valence-electron chi connectivity index (χ0n) is 27.6. The van der Waals surface area contributed by atoms with E-state index in [4.69, 9.17) is 0 Å². The molecule has 6 nitrogen and oxygen atoms in total. The summed E-state index contributed by atoms with van der Waals surface area (Å²) in [5.41, 5.74) is -0.111. The maximum atomic E-state index is 10.2. The fraction of sp³-hybridized carbons (Fsp3) is 0.765. The quantitative estimate of drug-likeness (QED) is 0.180. The molecule has 0 amide bonds. The molecule has 0 spiro atoms. The molecule has 0 aromatic heterocycles. The van der Waals surface area contributed by atoms with Gasteiger partial charge in [-0.2, -0.15) is 0 Å². The van der Waals surface area contributed by atoms with Crippen molar-refractivity contribution in [2.45, 2.75) is 119 Å². The molecule has 234 valence electrons. The van der Waals surface area contributed by atoms with E-state index < -0.39 is 11.9 Å². The third kappa shape index (κ3) is 20.9. The van der Waals surface area contributed by atoms with Crippen LogP contribution in [0.5, 0.6) is 0 Å². The molecule has 0 fully saturated rings. The van der Waals surface area contributed by atoms with Gasteiger partial charge in [-0.15, -0.1) is 0 Å². The Morgan fingerprint density at radius 1 is 0.475 bits per heavy atom. The van der Waals surface area contributed by atoms with E-state index in [1.54, 1.807) is 0 Å². The molecule has 0 aliphatic carbocycles. The van der Waals surface area contributed by atoms with Crippen LogP contribution in [0.15, 0.2) is 24.3 Å². The Hall–Kier alpha value is -1.92. The standard InChI is InChI=1S/2C13H30N.C8H6O4/c2*1-5-8-11-14(4,12-9-6-2)13-10-7-3;9-7(10)5-1-2-6(4-3-5)8(11)12/h2*5-13H2,1-4H3;1-4H,(H,9,10)(H,11,12)/q2*+1;/p-2. The van der Waals surface area contributed by atoms with Crippen molar-refractivity contribution >= 4 is 11.9 Å². The average molecular weight is 565 g/mol. The summed E-state index contributed by atoms with van der Waals surface area (Å²) in [5, 5.41) is 20.4. The molecule has 1 rings (SSSR count). The number of hydrogen-bond donors (Lipinski definition) is 0. The second kappa shape index (κ2) is 24.8. The molecule has 0 saturated heterocycles. The number of unbranched alkanes of at least 4 members (excludes halogenated alkanes) is 6. The van der Waals surface area contributed by atoms with Gasteiger partial charge in [0.25, 0.3) is 0 Å². The summed E-state index contributed by atoms with van der Waals surface area (Å²) in [6, 6.07) is 4.61. The van der Waals surface area contributed by atoms with E-state index in [2.05, 4.69) is 55.6 Å². The maximum Gasteiger partial charge on any atom is 0.0784 e. The largest absolute Gasteiger partial charge is 0.545 e. The third-order valence-corrected chi connectivity index (χ3v) is 7.67. The van der Waals surface area contributed by atoms with Crippen molar-refractivity contribution in [3.8, 4) is 0 Å². The summed E-state index contributed by atoms with van der Waals surface area (Å²) in [6.07, 6.45) is 16.4. The Bertz CT molecular complexity index is 642. The molecular formula is C34H64N2O4. The number of carboxylic acid groups (broad SMARTS) is 2. The van der Waals surface area contributed by atoms with Crippen molar-refractivity contribution in [3.05, 3.63) is 35.4 Å². The minimum absolute atomic E-state index is 0.0556. The van der Waals surface area contributed by atoms with Crippen LogP contribution in [0.3, 0.4) is 0 Å². The van der Waals surface area contributed by atoms with Gasteiger partial charge in [-0.25, -0.2) is 0 Å². The van der Waals surface area contributed by atoms with Gasteiger partial charge < -0.3 is 28.8 Å². The number of nitrogens with zero attached hydrogens (tertiary/aromatic N) is 2. The monoisotopic (exact) mass is 564 g/mol. The first-order chi connectivity index (χ1) is 19.0. The highest BCUT2D eigenvalue weighted by atomic mass is 16.4. The van der Waals surface area contributed by atoms with Gasteiger partial charge >= 0.3 is 0 Å². The molecule has 0 heterocycles. The number of benzene rings is 1. The highest BCUT2D eigenvalue weighted by molar-refractivity contribution is 5.89. The summed E-state index contributed by atoms with van der Waals surface area (Å²) in [7, 11) is 4.89. The molecule has 0 bridgehead atoms. The lowest BCUT2D eigenvalue weighted by molar-refractivity contribution is -0.910. The lowest BCUT2D eigenvalue weighted by Crippen LogP contribution is -2.46. The number of carbonyl (C=O) groups is 2. The molecule has 0 aliphatic rings. The molecule has 0 saturated carbocycles. The molecule has 1 aromatic carbocycles. The number of carboxylic acids is 2. The van der Waals surface area contributed by atoms with Crippen LogP contribution in [0.2, 0.25) is 0 Å². The Morgan fingerprint density at radius 2 is 0.650 bits per heavy atom. The predicted octanol–water partition coefficient (Wildman–Crippen LogP) is 6.08. The minimum Gasteiger partial charge on any atom is -0.545 e. The average Bonchev–Trinajstić information content (AvgIpc) is 2.95. The molecule has 40 heavy (non-hydrogen) atoms. The van der Waals surface area contributed by atoms with Crippen molar-refractivity contribution < 1.29 is 28.8 Å². The number of quaternary nitrogens is 2. The maximum absolute atomic E-state index is 10.2. The lowest BCUT2D eigenvalue weighted by Gasteiger charge is -2.34. The Balaban J connectivity index is 0. The van der Waals surface area contributed by atoms with Gasteiger partial charge in [0, 0.05) is 0 Å². The van der Waals surface area contributed by atoms with Gasteiger partial charge in [0.15, 0.2) is 0 Å². The summed E-state index contributed by atoms with van der Waals surface area (Å²) in [6.45, 7) is 22.1. The summed E-state index contributed by atoms with van der Waals surface area (Å²) in [4.78, 5) is 20.4. The van der Waals surface area contributed by atoms with Gasteiger partial charge in [0.05, 0.1) is 65.3 Å². The van der Waals surface area contributed by atoms with Crippen LogP contribution < -0.4 is 10.2 Å². The Labute approximate surface area is 248 Å². The van der Waals surface area contributed by atoms with Crippen LogP contribution in [-0.4, -0.2) is 74.3 Å². The van der Waals surface area contributed by atoms with Crippen molar-refractivity contribution in [1.82, 2.24) is 0 Å². The van der Waals surface area contributed by atoms with Crippen molar-refractivity contribution in [1.29, 1.82) is 0 Å². The number of aromatic carboxylic acids is 2. The number of rotatable bonds is 20. The van der Waals surface area contributed by atoms with Crippen LogP contribution in [0.1, 0.15) is 139 Å². The topological polar surface area (TPSA) is 80.3 Å². The van der Waals surface area contributed by atoms with Crippen LogP contribution in [-0.2, 0) is 0 Å². The van der Waals surface area contributed by atoms with Crippen molar-refractivity contribution in [3.63, 3.8) is 0 Å². The first kappa shape index (κ1) is 40.2. The number of hydrogen-bond acceptors (Lipinski definition) is 4. The zero-order chi connectivity index (χ0) is 30.9. The highest BCUT2D eigenvalue weighted by Gasteiger charge is 2.19. The van der Waals surface area contributed by atoms with E-state index >= 15 is 0 Å². The van der Waals surface area contributed by atoms with Gasteiger partial charge in [0.2, 0.25) is 0 Å². The van der Waals surface area contributed by atoms with E-state index in [0.29, 0.717) is 0 Å². The predicted molar refractivity (Wildman–Crippen MR) is 166 cm³/mol. The zero-order valence-corrected chi connectivity index (χ0v) is 27.6. The minimum atomic E-state index is -1.33. The second-order valence-corrected chi connectivity index (χ2v) is 11.9. The molecule has 1 aromatic rings. The normalized spacial score (nSPS) is 11.2. The van der Waals surface area contributed by atoms with Crippen LogP contribution in [0.4, 0.5) is 0 Å². The van der Waals surface area contributed by atoms with Gasteiger partial charge in [-0.1, -0.05) is 104 Å². The molecule has 0 atom stereocenters. The molecule has 0 N–H and O–H groups in total. The van der Waals surface area contributed by atoms with Crippen LogP contribution in [0, 0.1) is 0 Å². The Morgan fingerprint density at radius 3 is 0.775 bits per heavy atom. The van der Waals surface area contributed by atoms with E-state index in [-0.39, 0.29) is 11.1 Å². The summed E-state index contributed by atoms with van der Waals surface area (Å²) in [5.74, 6) is -2.67. The Kier molecular flexibility index (Phi) is 25.0. The fourth-order valence-corrected chi connectivity index (χ4v) is 4.65. The summed E-state index contributed by atoms with van der Waals surface area (Å²) >= 11 is 0. The van der Waals surface area contributed by atoms with E-state index in [9.17, 15) is 19.8 Å². The van der Waals surface area contributed by atoms with Crippen LogP contribution >= 0.6 is 0 Å². The third-order valence-electron chi connectivity index (χ3n) is 7.67. The van der Waals surface area contributed by atoms with E-state index in [1.807, 2.05) is 0 Å². The smallest absolute Gasteiger partial charge is 0.0784 e. The molecule has 6 heteroatoms. The molecule has 0 aliphatic heterocycles. The number of carbonyl (C=O) groups excluding carboxylic acids is 2. The first-order valence-corrected chi connectivity index (χ1v) is 16.2. The lowest BCUT2D eigenvalue weighted by atomic mass is 10.1. The first-order valence-electron chi connectivity index (χ1n) is 16.2. The van der Waals surface area contributed by atoms with Gasteiger partial charge in [0.1, 0.15) is 0 Å². The van der Waals surface area contributed by atoms with Crippen molar-refractivity contribution in [2.24, 2.45) is 0 Å². The van der Waals surface area contributed by atoms with E-state index in [0.717, 1.165) is 24.3 Å². The molecular weight excluding hydrogens is 500 g/mol. The fourth-order valence-electron chi connectivity index (χ4n) is 4.65.